The van der Waals surface area contributed by atoms with Crippen LogP contribution in [0.25, 0.3) is 0 Å². The molecular weight excluding hydrogens is 436 g/mol. The molecule has 10 heteroatoms. The predicted octanol–water partition coefficient (Wildman–Crippen LogP) is 4.28. The molecule has 0 saturated carbocycles. The summed E-state index contributed by atoms with van der Waals surface area (Å²) in [4.78, 5) is 29.9. The lowest BCUT2D eigenvalue weighted by atomic mass is 10.1. The summed E-state index contributed by atoms with van der Waals surface area (Å²) in [6.45, 7) is 8.03. The number of aromatic nitrogens is 3. The Morgan fingerprint density at radius 2 is 1.94 bits per heavy atom. The number of aryl methyl sites for hydroxylation is 2. The van der Waals surface area contributed by atoms with Crippen LogP contribution in [0.1, 0.15) is 39.1 Å². The number of anilines is 1. The van der Waals surface area contributed by atoms with Gasteiger partial charge in [-0.15, -0.1) is 16.4 Å². The molecule has 2 aromatic heterocycles. The third-order valence-corrected chi connectivity index (χ3v) is 6.33. The maximum atomic E-state index is 12.4. The average Bonchev–Trinajstić information content (AvgIpc) is 3.30. The molecular formula is C21H24N4O4S2. The second kappa shape index (κ2) is 10.5. The minimum Gasteiger partial charge on any atom is -0.486 e. The molecule has 0 aliphatic heterocycles. The summed E-state index contributed by atoms with van der Waals surface area (Å²) in [5, 5.41) is 10.7. The zero-order valence-electron chi connectivity index (χ0n) is 17.8. The summed E-state index contributed by atoms with van der Waals surface area (Å²) in [7, 11) is 0. The molecule has 0 saturated heterocycles. The molecule has 0 radical (unpaired) electrons. The number of aromatic amines is 1. The first kappa shape index (κ1) is 22.8. The zero-order valence-corrected chi connectivity index (χ0v) is 19.4. The molecule has 1 aromatic carbocycles. The topological polar surface area (TPSA) is 106 Å². The molecule has 3 aromatic rings. The Bertz CT molecular complexity index is 1060. The van der Waals surface area contributed by atoms with Crippen LogP contribution in [0.15, 0.2) is 29.4 Å². The maximum Gasteiger partial charge on any atom is 0.341 e. The number of hydrogen-bond acceptors (Lipinski definition) is 8. The molecule has 3 rings (SSSR count). The first-order valence-electron chi connectivity index (χ1n) is 9.67. The van der Waals surface area contributed by atoms with Gasteiger partial charge >= 0.3 is 5.97 Å². The minimum absolute atomic E-state index is 0.106. The molecule has 0 aliphatic rings. The SMILES string of the molecule is CCOC(=O)c1c(NC(=O)CSc2n[nH]c(COc3ccc(C)cc3)n2)sc(C)c1C. The first-order chi connectivity index (χ1) is 14.9. The van der Waals surface area contributed by atoms with Crippen molar-refractivity contribution in [2.24, 2.45) is 0 Å². The van der Waals surface area contributed by atoms with E-state index in [0.29, 0.717) is 21.5 Å². The lowest BCUT2D eigenvalue weighted by molar-refractivity contribution is -0.113. The van der Waals surface area contributed by atoms with Crippen molar-refractivity contribution in [3.8, 4) is 5.75 Å². The first-order valence-corrected chi connectivity index (χ1v) is 11.5. The molecule has 31 heavy (non-hydrogen) atoms. The number of ether oxygens (including phenoxy) is 2. The summed E-state index contributed by atoms with van der Waals surface area (Å²) in [6.07, 6.45) is 0. The number of esters is 1. The van der Waals surface area contributed by atoms with Gasteiger partial charge in [-0.1, -0.05) is 29.5 Å². The fraction of sp³-hybridized carbons (Fsp3) is 0.333. The lowest BCUT2D eigenvalue weighted by Gasteiger charge is -2.06. The largest absolute Gasteiger partial charge is 0.486 e. The van der Waals surface area contributed by atoms with Crippen molar-refractivity contribution in [1.82, 2.24) is 15.2 Å². The molecule has 0 fully saturated rings. The van der Waals surface area contributed by atoms with Crippen molar-refractivity contribution >= 4 is 40.0 Å². The van der Waals surface area contributed by atoms with Crippen LogP contribution in [0, 0.1) is 20.8 Å². The van der Waals surface area contributed by atoms with Crippen LogP contribution >= 0.6 is 23.1 Å². The van der Waals surface area contributed by atoms with E-state index in [4.69, 9.17) is 9.47 Å². The van der Waals surface area contributed by atoms with Gasteiger partial charge in [-0.3, -0.25) is 9.89 Å². The second-order valence-corrected chi connectivity index (χ2v) is 8.88. The third-order valence-electron chi connectivity index (χ3n) is 4.36. The van der Waals surface area contributed by atoms with Gasteiger partial charge in [0.15, 0.2) is 5.82 Å². The van der Waals surface area contributed by atoms with Crippen LogP contribution in [0.5, 0.6) is 5.75 Å². The Hall–Kier alpha value is -2.85. The number of thioether (sulfide) groups is 1. The molecule has 8 nitrogen and oxygen atoms in total. The monoisotopic (exact) mass is 460 g/mol. The number of H-pyrrole nitrogens is 1. The molecule has 0 atom stereocenters. The third kappa shape index (κ3) is 6.08. The molecule has 0 unspecified atom stereocenters. The highest BCUT2D eigenvalue weighted by Crippen LogP contribution is 2.33. The summed E-state index contributed by atoms with van der Waals surface area (Å²) in [5.41, 5.74) is 2.39. The van der Waals surface area contributed by atoms with Gasteiger partial charge in [0.2, 0.25) is 11.1 Å². The van der Waals surface area contributed by atoms with Gasteiger partial charge in [-0.05, 0) is 45.4 Å². The van der Waals surface area contributed by atoms with Crippen LogP contribution in [-0.2, 0) is 16.1 Å². The van der Waals surface area contributed by atoms with Crippen molar-refractivity contribution in [1.29, 1.82) is 0 Å². The van der Waals surface area contributed by atoms with E-state index in [9.17, 15) is 9.59 Å². The fourth-order valence-electron chi connectivity index (χ4n) is 2.65. The highest BCUT2D eigenvalue weighted by Gasteiger charge is 2.22. The van der Waals surface area contributed by atoms with E-state index >= 15 is 0 Å². The van der Waals surface area contributed by atoms with Gasteiger partial charge in [0.05, 0.1) is 17.9 Å². The van der Waals surface area contributed by atoms with Gasteiger partial charge in [0.25, 0.3) is 0 Å². The molecule has 0 bridgehead atoms. The number of amides is 1. The number of benzene rings is 1. The number of nitrogens with zero attached hydrogens (tertiary/aromatic N) is 2. The van der Waals surface area contributed by atoms with Crippen molar-refractivity contribution in [2.45, 2.75) is 39.5 Å². The number of nitrogens with one attached hydrogen (secondary N) is 2. The normalized spacial score (nSPS) is 10.7. The van der Waals surface area contributed by atoms with Gasteiger partial charge in [0.1, 0.15) is 17.4 Å². The van der Waals surface area contributed by atoms with Crippen LogP contribution in [0.2, 0.25) is 0 Å². The summed E-state index contributed by atoms with van der Waals surface area (Å²) in [5.74, 6) is 0.736. The van der Waals surface area contributed by atoms with Gasteiger partial charge < -0.3 is 14.8 Å². The zero-order chi connectivity index (χ0) is 22.4. The highest BCUT2D eigenvalue weighted by molar-refractivity contribution is 7.99. The van der Waals surface area contributed by atoms with Crippen molar-refractivity contribution in [3.05, 3.63) is 51.7 Å². The summed E-state index contributed by atoms with van der Waals surface area (Å²) >= 11 is 2.55. The molecule has 0 spiro atoms. The van der Waals surface area contributed by atoms with E-state index in [2.05, 4.69) is 20.5 Å². The van der Waals surface area contributed by atoms with E-state index in [1.807, 2.05) is 45.0 Å². The van der Waals surface area contributed by atoms with Crippen molar-refractivity contribution in [2.75, 3.05) is 17.7 Å². The number of rotatable bonds is 9. The van der Waals surface area contributed by atoms with Gasteiger partial charge in [-0.2, -0.15) is 0 Å². The van der Waals surface area contributed by atoms with E-state index < -0.39 is 5.97 Å². The smallest absolute Gasteiger partial charge is 0.341 e. The predicted molar refractivity (Wildman–Crippen MR) is 121 cm³/mol. The number of hydrogen-bond donors (Lipinski definition) is 2. The van der Waals surface area contributed by atoms with E-state index in [0.717, 1.165) is 21.8 Å². The number of thiophene rings is 1. The minimum atomic E-state index is -0.431. The quantitative estimate of drug-likeness (QED) is 0.363. The summed E-state index contributed by atoms with van der Waals surface area (Å²) < 4.78 is 10.8. The number of carbonyl (C=O) groups excluding carboxylic acids is 2. The molecule has 0 aliphatic carbocycles. The highest BCUT2D eigenvalue weighted by atomic mass is 32.2. The van der Waals surface area contributed by atoms with E-state index in [1.54, 1.807) is 6.92 Å². The summed E-state index contributed by atoms with van der Waals surface area (Å²) in [6, 6.07) is 7.73. The van der Waals surface area contributed by atoms with Crippen LogP contribution in [0.3, 0.4) is 0 Å². The van der Waals surface area contributed by atoms with Crippen LogP contribution < -0.4 is 10.1 Å². The lowest BCUT2D eigenvalue weighted by Crippen LogP contribution is -2.16. The standard InChI is InChI=1S/C21H24N4O4S2/c1-5-28-20(27)18-13(3)14(4)31-19(18)23-17(26)11-30-21-22-16(24-25-21)10-29-15-8-6-12(2)7-9-15/h6-9H,5,10-11H2,1-4H3,(H,23,26)(H,22,24,25). The Morgan fingerprint density at radius 3 is 2.65 bits per heavy atom. The Kier molecular flexibility index (Phi) is 7.69. The molecule has 164 valence electrons. The van der Waals surface area contributed by atoms with E-state index in [-0.39, 0.29) is 24.9 Å². The Labute approximate surface area is 188 Å². The Balaban J connectivity index is 1.53. The fourth-order valence-corrected chi connectivity index (χ4v) is 4.33. The molecule has 1 amide bonds. The maximum absolute atomic E-state index is 12.4. The van der Waals surface area contributed by atoms with E-state index in [1.165, 1.54) is 23.1 Å². The molecule has 2 heterocycles. The van der Waals surface area contributed by atoms with Crippen LogP contribution in [0.4, 0.5) is 5.00 Å². The molecule has 2 N–H and O–H groups in total. The second-order valence-electron chi connectivity index (χ2n) is 6.71. The van der Waals surface area contributed by atoms with Gasteiger partial charge in [-0.25, -0.2) is 9.78 Å². The van der Waals surface area contributed by atoms with Crippen molar-refractivity contribution < 1.29 is 19.1 Å². The number of carbonyl (C=O) groups is 2. The Morgan fingerprint density at radius 1 is 1.19 bits per heavy atom. The van der Waals surface area contributed by atoms with Crippen LogP contribution in [-0.4, -0.2) is 39.4 Å². The average molecular weight is 461 g/mol. The van der Waals surface area contributed by atoms with Crippen molar-refractivity contribution in [3.63, 3.8) is 0 Å². The van der Waals surface area contributed by atoms with Gasteiger partial charge in [0, 0.05) is 4.88 Å².